The normalized spacial score (nSPS) is 11.5. The van der Waals surface area contributed by atoms with Gasteiger partial charge in [-0.25, -0.2) is 0 Å². The molecule has 0 fully saturated rings. The molecular formula is C12H19BrN2O. The predicted molar refractivity (Wildman–Crippen MR) is 69.6 cm³/mol. The second-order valence-corrected chi connectivity index (χ2v) is 4.94. The van der Waals surface area contributed by atoms with Crippen molar-refractivity contribution >= 4 is 21.8 Å². The van der Waals surface area contributed by atoms with Gasteiger partial charge in [-0.1, -0.05) is 20.8 Å². The summed E-state index contributed by atoms with van der Waals surface area (Å²) in [5.74, 6) is -0.0312. The number of amides is 1. The second-order valence-electron chi connectivity index (χ2n) is 4.03. The Balaban J connectivity index is 2.76. The van der Waals surface area contributed by atoms with Gasteiger partial charge in [0.2, 0.25) is 0 Å². The highest BCUT2D eigenvalue weighted by Gasteiger charge is 2.26. The molecule has 2 N–H and O–H groups in total. The summed E-state index contributed by atoms with van der Waals surface area (Å²) < 4.78 is 0.896. The Morgan fingerprint density at radius 3 is 2.31 bits per heavy atom. The summed E-state index contributed by atoms with van der Waals surface area (Å²) in [5, 5.41) is 3.12. The lowest BCUT2D eigenvalue weighted by Crippen LogP contribution is -2.47. The molecule has 1 amide bonds. The number of aromatic amines is 1. The number of carbonyl (C=O) groups excluding carboxylic acids is 1. The first-order chi connectivity index (χ1) is 7.56. The monoisotopic (exact) mass is 286 g/mol. The summed E-state index contributed by atoms with van der Waals surface area (Å²) in [4.78, 5) is 14.9. The molecule has 3 nitrogen and oxygen atoms in total. The van der Waals surface area contributed by atoms with E-state index in [1.165, 1.54) is 0 Å². The lowest BCUT2D eigenvalue weighted by molar-refractivity contribution is 0.0883. The third-order valence-electron chi connectivity index (χ3n) is 3.30. The van der Waals surface area contributed by atoms with Crippen LogP contribution in [0.5, 0.6) is 0 Å². The van der Waals surface area contributed by atoms with E-state index in [2.05, 4.69) is 47.0 Å². The maximum Gasteiger partial charge on any atom is 0.268 e. The Labute approximate surface area is 105 Å². The summed E-state index contributed by atoms with van der Waals surface area (Å²) in [7, 11) is 0. The van der Waals surface area contributed by atoms with Gasteiger partial charge in [0, 0.05) is 16.2 Å². The fourth-order valence-electron chi connectivity index (χ4n) is 1.82. The van der Waals surface area contributed by atoms with Crippen LogP contribution in [-0.2, 0) is 0 Å². The summed E-state index contributed by atoms with van der Waals surface area (Å²) in [6.07, 6.45) is 4.62. The summed E-state index contributed by atoms with van der Waals surface area (Å²) >= 11 is 3.32. The standard InChI is InChI=1S/C12H19BrN2O/c1-4-12(5-2,6-3)15-11(16)10-7-9(13)8-14-10/h7-8,14H,4-6H2,1-3H3,(H,15,16). The van der Waals surface area contributed by atoms with Crippen LogP contribution in [-0.4, -0.2) is 16.4 Å². The number of H-pyrrole nitrogens is 1. The van der Waals surface area contributed by atoms with Gasteiger partial charge in [-0.15, -0.1) is 0 Å². The molecular weight excluding hydrogens is 268 g/mol. The molecule has 0 aliphatic carbocycles. The van der Waals surface area contributed by atoms with Crippen molar-refractivity contribution < 1.29 is 4.79 Å². The third-order valence-corrected chi connectivity index (χ3v) is 3.76. The van der Waals surface area contributed by atoms with Crippen LogP contribution in [0, 0.1) is 0 Å². The molecule has 1 rings (SSSR count). The minimum Gasteiger partial charge on any atom is -0.356 e. The van der Waals surface area contributed by atoms with Crippen LogP contribution in [0.15, 0.2) is 16.7 Å². The van der Waals surface area contributed by atoms with Gasteiger partial charge in [0.15, 0.2) is 0 Å². The number of rotatable bonds is 5. The van der Waals surface area contributed by atoms with Crippen molar-refractivity contribution in [3.63, 3.8) is 0 Å². The molecule has 90 valence electrons. The van der Waals surface area contributed by atoms with E-state index in [-0.39, 0.29) is 11.4 Å². The predicted octanol–water partition coefficient (Wildman–Crippen LogP) is 3.48. The molecule has 0 bridgehead atoms. The van der Waals surface area contributed by atoms with Crippen molar-refractivity contribution in [2.75, 3.05) is 0 Å². The smallest absolute Gasteiger partial charge is 0.268 e. The highest BCUT2D eigenvalue weighted by molar-refractivity contribution is 9.10. The largest absolute Gasteiger partial charge is 0.356 e. The van der Waals surface area contributed by atoms with Crippen molar-refractivity contribution in [2.24, 2.45) is 0 Å². The summed E-state index contributed by atoms with van der Waals surface area (Å²) in [5.41, 5.74) is 0.529. The molecule has 1 aromatic rings. The quantitative estimate of drug-likeness (QED) is 0.855. The molecule has 0 radical (unpaired) electrons. The third kappa shape index (κ3) is 2.88. The first-order valence-corrected chi connectivity index (χ1v) is 6.52. The lowest BCUT2D eigenvalue weighted by Gasteiger charge is -2.31. The molecule has 1 heterocycles. The van der Waals surface area contributed by atoms with Crippen LogP contribution in [0.25, 0.3) is 0 Å². The zero-order chi connectivity index (χ0) is 12.2. The Bertz CT molecular complexity index is 347. The van der Waals surface area contributed by atoms with Crippen LogP contribution in [0.1, 0.15) is 50.5 Å². The zero-order valence-electron chi connectivity index (χ0n) is 10.1. The first-order valence-electron chi connectivity index (χ1n) is 5.73. The van der Waals surface area contributed by atoms with Crippen LogP contribution >= 0.6 is 15.9 Å². The van der Waals surface area contributed by atoms with Gasteiger partial charge in [0.05, 0.1) is 0 Å². The Morgan fingerprint density at radius 1 is 1.38 bits per heavy atom. The number of nitrogens with one attached hydrogen (secondary N) is 2. The number of carbonyl (C=O) groups is 1. The molecule has 1 aromatic heterocycles. The number of halogens is 1. The molecule has 0 saturated heterocycles. The van der Waals surface area contributed by atoms with E-state index in [0.29, 0.717) is 5.69 Å². The van der Waals surface area contributed by atoms with E-state index < -0.39 is 0 Å². The van der Waals surface area contributed by atoms with E-state index in [1.807, 2.05) is 0 Å². The Hall–Kier alpha value is -0.770. The topological polar surface area (TPSA) is 44.9 Å². The van der Waals surface area contributed by atoms with Crippen LogP contribution < -0.4 is 5.32 Å². The molecule has 4 heteroatoms. The summed E-state index contributed by atoms with van der Waals surface area (Å²) in [6.45, 7) is 6.33. The minimum absolute atomic E-state index is 0.0312. The van der Waals surface area contributed by atoms with Crippen LogP contribution in [0.2, 0.25) is 0 Å². The van der Waals surface area contributed by atoms with Gasteiger partial charge in [0.25, 0.3) is 5.91 Å². The summed E-state index contributed by atoms with van der Waals surface area (Å²) in [6, 6.07) is 1.79. The van der Waals surface area contributed by atoms with Gasteiger partial charge in [-0.3, -0.25) is 4.79 Å². The van der Waals surface area contributed by atoms with Crippen LogP contribution in [0.3, 0.4) is 0 Å². The number of hydrogen-bond acceptors (Lipinski definition) is 1. The number of hydrogen-bond donors (Lipinski definition) is 2. The van der Waals surface area contributed by atoms with Gasteiger partial charge in [-0.2, -0.15) is 0 Å². The lowest BCUT2D eigenvalue weighted by atomic mass is 9.89. The molecule has 0 aromatic carbocycles. The van der Waals surface area contributed by atoms with E-state index in [0.717, 1.165) is 23.7 Å². The first kappa shape index (κ1) is 13.3. The SMILES string of the molecule is CCC(CC)(CC)NC(=O)c1cc(Br)c[nH]1. The fraction of sp³-hybridized carbons (Fsp3) is 0.583. The van der Waals surface area contributed by atoms with Crippen molar-refractivity contribution in [1.29, 1.82) is 0 Å². The average Bonchev–Trinajstić information content (AvgIpc) is 2.73. The Morgan fingerprint density at radius 2 is 1.94 bits per heavy atom. The van der Waals surface area contributed by atoms with Crippen LogP contribution in [0.4, 0.5) is 0 Å². The van der Waals surface area contributed by atoms with E-state index in [1.54, 1.807) is 12.3 Å². The van der Waals surface area contributed by atoms with Gasteiger partial charge < -0.3 is 10.3 Å². The fourth-order valence-corrected chi connectivity index (χ4v) is 2.17. The maximum atomic E-state index is 12.0. The van der Waals surface area contributed by atoms with Crippen molar-refractivity contribution in [1.82, 2.24) is 10.3 Å². The average molecular weight is 287 g/mol. The molecule has 0 aliphatic rings. The van der Waals surface area contributed by atoms with Gasteiger partial charge >= 0.3 is 0 Å². The van der Waals surface area contributed by atoms with Crippen molar-refractivity contribution in [2.45, 2.75) is 45.6 Å². The van der Waals surface area contributed by atoms with Gasteiger partial charge in [0.1, 0.15) is 5.69 Å². The Kier molecular flexibility index (Phi) is 4.59. The molecule has 0 saturated carbocycles. The molecule has 0 spiro atoms. The number of aromatic nitrogens is 1. The van der Waals surface area contributed by atoms with E-state index in [9.17, 15) is 4.79 Å². The minimum atomic E-state index is -0.0747. The molecule has 0 unspecified atom stereocenters. The van der Waals surface area contributed by atoms with E-state index in [4.69, 9.17) is 0 Å². The second kappa shape index (κ2) is 5.53. The van der Waals surface area contributed by atoms with Gasteiger partial charge in [-0.05, 0) is 41.3 Å². The highest BCUT2D eigenvalue weighted by atomic mass is 79.9. The van der Waals surface area contributed by atoms with Crippen molar-refractivity contribution in [3.8, 4) is 0 Å². The molecule has 0 aliphatic heterocycles. The zero-order valence-corrected chi connectivity index (χ0v) is 11.6. The van der Waals surface area contributed by atoms with E-state index >= 15 is 0 Å². The van der Waals surface area contributed by atoms with Crippen molar-refractivity contribution in [3.05, 3.63) is 22.4 Å². The maximum absolute atomic E-state index is 12.0. The molecule has 0 atom stereocenters. The molecule has 16 heavy (non-hydrogen) atoms. The highest BCUT2D eigenvalue weighted by Crippen LogP contribution is 2.20.